The molecule has 1 heterocycles. The molecule has 2 rings (SSSR count). The fourth-order valence-corrected chi connectivity index (χ4v) is 1.96. The van der Waals surface area contributed by atoms with Crippen LogP contribution in [0, 0.1) is 0 Å². The molecule has 0 unspecified atom stereocenters. The van der Waals surface area contributed by atoms with Crippen molar-refractivity contribution in [3.63, 3.8) is 0 Å². The van der Waals surface area contributed by atoms with Gasteiger partial charge in [0.1, 0.15) is 16.1 Å². The van der Waals surface area contributed by atoms with Crippen molar-refractivity contribution in [1.82, 2.24) is 4.98 Å². The molecule has 1 aromatic carbocycles. The number of amides is 1. The standard InChI is InChI=1S/C14H14BrN3O3/c1-20-9-5-10(13(16)11(6-9)21-2)14(19)18-8-3-4-12(15)17-7-8/h3-7H,16H2,1-2H3,(H,18,19). The van der Waals surface area contributed by atoms with Crippen molar-refractivity contribution in [3.8, 4) is 11.5 Å². The van der Waals surface area contributed by atoms with Crippen LogP contribution in [-0.4, -0.2) is 25.1 Å². The minimum atomic E-state index is -0.367. The van der Waals surface area contributed by atoms with Gasteiger partial charge in [-0.2, -0.15) is 0 Å². The molecule has 6 nitrogen and oxygen atoms in total. The number of anilines is 2. The summed E-state index contributed by atoms with van der Waals surface area (Å²) in [6.07, 6.45) is 1.54. The SMILES string of the molecule is COc1cc(OC)c(N)c(C(=O)Nc2ccc(Br)nc2)c1. The zero-order valence-corrected chi connectivity index (χ0v) is 13.1. The van der Waals surface area contributed by atoms with Crippen molar-refractivity contribution in [1.29, 1.82) is 0 Å². The van der Waals surface area contributed by atoms with Crippen LogP contribution < -0.4 is 20.5 Å². The Hall–Kier alpha value is -2.28. The summed E-state index contributed by atoms with van der Waals surface area (Å²) in [4.78, 5) is 16.4. The summed E-state index contributed by atoms with van der Waals surface area (Å²) in [5.74, 6) is 0.502. The molecule has 0 aliphatic carbocycles. The molecule has 0 radical (unpaired) electrons. The highest BCUT2D eigenvalue weighted by Gasteiger charge is 2.16. The molecule has 0 saturated carbocycles. The van der Waals surface area contributed by atoms with Crippen LogP contribution in [0.1, 0.15) is 10.4 Å². The zero-order valence-electron chi connectivity index (χ0n) is 11.5. The van der Waals surface area contributed by atoms with Gasteiger partial charge in [0.25, 0.3) is 5.91 Å². The van der Waals surface area contributed by atoms with Crippen LogP contribution in [0.5, 0.6) is 11.5 Å². The first kappa shape index (κ1) is 15.1. The van der Waals surface area contributed by atoms with E-state index in [0.717, 1.165) is 0 Å². The summed E-state index contributed by atoms with van der Waals surface area (Å²) >= 11 is 3.23. The predicted octanol–water partition coefficient (Wildman–Crippen LogP) is 2.70. The molecule has 2 aromatic rings. The van der Waals surface area contributed by atoms with Crippen molar-refractivity contribution in [2.24, 2.45) is 0 Å². The molecule has 1 amide bonds. The molecule has 0 bridgehead atoms. The number of rotatable bonds is 4. The van der Waals surface area contributed by atoms with E-state index in [9.17, 15) is 4.79 Å². The topological polar surface area (TPSA) is 86.5 Å². The van der Waals surface area contributed by atoms with E-state index in [4.69, 9.17) is 15.2 Å². The molecule has 1 aromatic heterocycles. The monoisotopic (exact) mass is 351 g/mol. The number of ether oxygens (including phenoxy) is 2. The summed E-state index contributed by atoms with van der Waals surface area (Å²) in [5, 5.41) is 2.72. The highest BCUT2D eigenvalue weighted by atomic mass is 79.9. The van der Waals surface area contributed by atoms with Gasteiger partial charge in [0.05, 0.1) is 37.4 Å². The lowest BCUT2D eigenvalue weighted by Crippen LogP contribution is -2.15. The van der Waals surface area contributed by atoms with Gasteiger partial charge in [0.15, 0.2) is 0 Å². The predicted molar refractivity (Wildman–Crippen MR) is 83.8 cm³/mol. The number of methoxy groups -OCH3 is 2. The summed E-state index contributed by atoms with van der Waals surface area (Å²) in [7, 11) is 2.98. The second kappa shape index (κ2) is 6.45. The van der Waals surface area contributed by atoms with E-state index in [1.54, 1.807) is 24.3 Å². The van der Waals surface area contributed by atoms with Crippen LogP contribution in [0.4, 0.5) is 11.4 Å². The number of pyridine rings is 1. The van der Waals surface area contributed by atoms with Gasteiger partial charge in [-0.05, 0) is 34.1 Å². The maximum atomic E-state index is 12.3. The Labute approximate surface area is 130 Å². The van der Waals surface area contributed by atoms with Gasteiger partial charge in [-0.3, -0.25) is 4.79 Å². The molecule has 0 atom stereocenters. The van der Waals surface area contributed by atoms with E-state index in [0.29, 0.717) is 21.8 Å². The fourth-order valence-electron chi connectivity index (χ4n) is 1.72. The summed E-state index contributed by atoms with van der Waals surface area (Å²) in [6, 6.07) is 6.63. The highest BCUT2D eigenvalue weighted by Crippen LogP contribution is 2.31. The Kier molecular flexibility index (Phi) is 4.64. The minimum absolute atomic E-state index is 0.251. The van der Waals surface area contributed by atoms with Crippen LogP contribution in [-0.2, 0) is 0 Å². The third-order valence-electron chi connectivity index (χ3n) is 2.80. The largest absolute Gasteiger partial charge is 0.497 e. The number of carbonyl (C=O) groups is 1. The number of benzene rings is 1. The Morgan fingerprint density at radius 1 is 1.29 bits per heavy atom. The molecular formula is C14H14BrN3O3. The molecule has 0 fully saturated rings. The van der Waals surface area contributed by atoms with E-state index in [-0.39, 0.29) is 17.2 Å². The van der Waals surface area contributed by atoms with E-state index in [1.807, 2.05) is 0 Å². The van der Waals surface area contributed by atoms with E-state index >= 15 is 0 Å². The van der Waals surface area contributed by atoms with Crippen LogP contribution in [0.25, 0.3) is 0 Å². The Morgan fingerprint density at radius 2 is 2.05 bits per heavy atom. The maximum Gasteiger partial charge on any atom is 0.258 e. The molecular weight excluding hydrogens is 338 g/mol. The molecule has 110 valence electrons. The van der Waals surface area contributed by atoms with Gasteiger partial charge in [-0.25, -0.2) is 4.98 Å². The lowest BCUT2D eigenvalue weighted by Gasteiger charge is -2.12. The third kappa shape index (κ3) is 3.43. The van der Waals surface area contributed by atoms with Gasteiger partial charge >= 0.3 is 0 Å². The first-order valence-electron chi connectivity index (χ1n) is 5.99. The molecule has 0 spiro atoms. The molecule has 0 aliphatic heterocycles. The number of aromatic nitrogens is 1. The average Bonchev–Trinajstić information content (AvgIpc) is 2.49. The van der Waals surface area contributed by atoms with E-state index in [1.165, 1.54) is 20.4 Å². The van der Waals surface area contributed by atoms with Gasteiger partial charge < -0.3 is 20.5 Å². The van der Waals surface area contributed by atoms with Crippen molar-refractivity contribution >= 4 is 33.2 Å². The van der Waals surface area contributed by atoms with Gasteiger partial charge in [0, 0.05) is 6.07 Å². The number of nitrogens with two attached hydrogens (primary N) is 1. The van der Waals surface area contributed by atoms with E-state index in [2.05, 4.69) is 26.2 Å². The lowest BCUT2D eigenvalue weighted by atomic mass is 10.1. The number of hydrogen-bond acceptors (Lipinski definition) is 5. The number of nitrogens with one attached hydrogen (secondary N) is 1. The van der Waals surface area contributed by atoms with Gasteiger partial charge in [0.2, 0.25) is 0 Å². The third-order valence-corrected chi connectivity index (χ3v) is 3.27. The van der Waals surface area contributed by atoms with Crippen LogP contribution >= 0.6 is 15.9 Å². The first-order valence-corrected chi connectivity index (χ1v) is 6.79. The quantitative estimate of drug-likeness (QED) is 0.653. The van der Waals surface area contributed by atoms with Crippen molar-refractivity contribution < 1.29 is 14.3 Å². The zero-order chi connectivity index (χ0) is 15.4. The smallest absolute Gasteiger partial charge is 0.258 e. The Balaban J connectivity index is 2.32. The number of nitrogens with zero attached hydrogens (tertiary/aromatic N) is 1. The van der Waals surface area contributed by atoms with Gasteiger partial charge in [-0.15, -0.1) is 0 Å². The summed E-state index contributed by atoms with van der Waals surface area (Å²) in [5.41, 5.74) is 7.01. The highest BCUT2D eigenvalue weighted by molar-refractivity contribution is 9.10. The second-order valence-corrected chi connectivity index (χ2v) is 4.93. The molecule has 0 aliphatic rings. The van der Waals surface area contributed by atoms with Crippen LogP contribution in [0.15, 0.2) is 35.1 Å². The van der Waals surface area contributed by atoms with Crippen LogP contribution in [0.2, 0.25) is 0 Å². The summed E-state index contributed by atoms with van der Waals surface area (Å²) in [6.45, 7) is 0. The first-order chi connectivity index (χ1) is 10.0. The average molecular weight is 352 g/mol. The Bertz CT molecular complexity index is 659. The Morgan fingerprint density at radius 3 is 2.62 bits per heavy atom. The number of hydrogen-bond donors (Lipinski definition) is 2. The normalized spacial score (nSPS) is 10.0. The minimum Gasteiger partial charge on any atom is -0.497 e. The number of nitrogen functional groups attached to an aromatic ring is 1. The van der Waals surface area contributed by atoms with Crippen molar-refractivity contribution in [2.75, 3.05) is 25.3 Å². The second-order valence-electron chi connectivity index (χ2n) is 4.11. The van der Waals surface area contributed by atoms with Crippen LogP contribution in [0.3, 0.4) is 0 Å². The lowest BCUT2D eigenvalue weighted by molar-refractivity contribution is 0.102. The molecule has 0 saturated heterocycles. The maximum absolute atomic E-state index is 12.3. The van der Waals surface area contributed by atoms with Crippen molar-refractivity contribution in [3.05, 3.63) is 40.6 Å². The van der Waals surface area contributed by atoms with Crippen molar-refractivity contribution in [2.45, 2.75) is 0 Å². The fraction of sp³-hybridized carbons (Fsp3) is 0.143. The number of halogens is 1. The summed E-state index contributed by atoms with van der Waals surface area (Å²) < 4.78 is 11.0. The van der Waals surface area contributed by atoms with Gasteiger partial charge in [-0.1, -0.05) is 0 Å². The molecule has 3 N–H and O–H groups in total. The molecule has 7 heteroatoms. The molecule has 21 heavy (non-hydrogen) atoms. The number of carbonyl (C=O) groups excluding carboxylic acids is 1. The van der Waals surface area contributed by atoms with E-state index < -0.39 is 0 Å².